The van der Waals surface area contributed by atoms with Crippen molar-refractivity contribution in [2.24, 2.45) is 5.92 Å². The molecule has 2 aromatic carbocycles. The second-order valence-electron chi connectivity index (χ2n) is 10.3. The Bertz CT molecular complexity index is 1260. The Morgan fingerprint density at radius 2 is 1.97 bits per heavy atom. The molecule has 0 aliphatic carbocycles. The molecule has 1 saturated heterocycles. The lowest BCUT2D eigenvalue weighted by Crippen LogP contribution is -2.43. The Kier molecular flexibility index (Phi) is 6.76. The molecule has 6 nitrogen and oxygen atoms in total. The zero-order valence-corrected chi connectivity index (χ0v) is 21.8. The maximum atomic E-state index is 13.1. The van der Waals surface area contributed by atoms with Gasteiger partial charge >= 0.3 is 0 Å². The summed E-state index contributed by atoms with van der Waals surface area (Å²) in [5.41, 5.74) is 3.76. The molecule has 0 N–H and O–H groups in total. The van der Waals surface area contributed by atoms with E-state index in [1.807, 2.05) is 17.4 Å². The number of fused-ring (bicyclic) bond motifs is 3. The van der Waals surface area contributed by atoms with Crippen LogP contribution >= 0.6 is 11.3 Å². The van der Waals surface area contributed by atoms with Gasteiger partial charge < -0.3 is 24.0 Å². The minimum atomic E-state index is 0.241. The number of carbonyl (C=O) groups excluding carboxylic acids is 1. The number of ether oxygens (including phenoxy) is 3. The quantitative estimate of drug-likeness (QED) is 0.456. The van der Waals surface area contributed by atoms with Crippen LogP contribution in [0.1, 0.15) is 36.0 Å². The number of aryl methyl sites for hydroxylation is 1. The third kappa shape index (κ3) is 4.91. The number of hydrogen-bond acceptors (Lipinski definition) is 6. The lowest BCUT2D eigenvalue weighted by atomic mass is 9.96. The Balaban J connectivity index is 1.01. The molecule has 4 heterocycles. The van der Waals surface area contributed by atoms with Gasteiger partial charge in [0.1, 0.15) is 5.75 Å². The Morgan fingerprint density at radius 1 is 1.11 bits per heavy atom. The first-order valence-corrected chi connectivity index (χ1v) is 14.0. The molecule has 190 valence electrons. The first-order chi connectivity index (χ1) is 17.7. The number of nitrogens with zero attached hydrogens (tertiary/aromatic N) is 2. The van der Waals surface area contributed by atoms with Gasteiger partial charge in [0.15, 0.2) is 11.5 Å². The van der Waals surface area contributed by atoms with Crippen LogP contribution in [0.3, 0.4) is 0 Å². The lowest BCUT2D eigenvalue weighted by molar-refractivity contribution is -0.131. The van der Waals surface area contributed by atoms with E-state index in [0.29, 0.717) is 12.3 Å². The van der Waals surface area contributed by atoms with Crippen LogP contribution < -0.4 is 14.2 Å². The molecule has 1 fully saturated rings. The summed E-state index contributed by atoms with van der Waals surface area (Å²) in [5.74, 6) is 3.30. The average molecular weight is 507 g/mol. The molecule has 0 spiro atoms. The maximum Gasteiger partial charge on any atom is 0.231 e. The number of piperidine rings is 1. The third-order valence-corrected chi connectivity index (χ3v) is 8.90. The van der Waals surface area contributed by atoms with Crippen LogP contribution in [0.2, 0.25) is 0 Å². The molecule has 1 amide bonds. The van der Waals surface area contributed by atoms with E-state index in [1.165, 1.54) is 40.6 Å². The largest absolute Gasteiger partial charge is 0.497 e. The number of hydrogen-bond donors (Lipinski definition) is 0. The van der Waals surface area contributed by atoms with Crippen molar-refractivity contribution in [3.8, 4) is 17.2 Å². The summed E-state index contributed by atoms with van der Waals surface area (Å²) < 4.78 is 17.7. The highest BCUT2D eigenvalue weighted by Gasteiger charge is 2.28. The minimum Gasteiger partial charge on any atom is -0.497 e. The summed E-state index contributed by atoms with van der Waals surface area (Å²) in [6, 6.07) is 10.5. The molecule has 3 aliphatic rings. The van der Waals surface area contributed by atoms with Gasteiger partial charge in [0.25, 0.3) is 0 Å². The number of methoxy groups -OCH3 is 1. The standard InChI is InChI=1S/C29H34N2O4S/c1-33-24-6-7-25-22(18-36-28(25)15-24)5-3-10-30-9-2-4-20(16-30)17-31-11-8-21-12-26-27(35-19-34-26)13-23(21)14-29(31)32/h6-7,12-13,15,18,20H,2-5,8-11,14,16-17,19H2,1H3. The van der Waals surface area contributed by atoms with Crippen molar-refractivity contribution >= 4 is 27.3 Å². The van der Waals surface area contributed by atoms with Gasteiger partial charge in [-0.2, -0.15) is 0 Å². The van der Waals surface area contributed by atoms with Crippen LogP contribution in [-0.4, -0.2) is 62.3 Å². The molecule has 7 heteroatoms. The van der Waals surface area contributed by atoms with Gasteiger partial charge in [-0.1, -0.05) is 0 Å². The highest BCUT2D eigenvalue weighted by atomic mass is 32.1. The number of likely N-dealkylation sites (tertiary alicyclic amines) is 1. The van der Waals surface area contributed by atoms with Gasteiger partial charge in [-0.3, -0.25) is 4.79 Å². The first-order valence-electron chi connectivity index (χ1n) is 13.1. The van der Waals surface area contributed by atoms with Crippen LogP contribution in [0.5, 0.6) is 17.2 Å². The van der Waals surface area contributed by atoms with Crippen LogP contribution in [0, 0.1) is 5.92 Å². The van der Waals surface area contributed by atoms with Gasteiger partial charge in [0.2, 0.25) is 12.7 Å². The van der Waals surface area contributed by atoms with E-state index in [-0.39, 0.29) is 12.7 Å². The lowest BCUT2D eigenvalue weighted by Gasteiger charge is -2.35. The fourth-order valence-electron chi connectivity index (χ4n) is 5.96. The predicted octanol–water partition coefficient (Wildman–Crippen LogP) is 4.91. The number of benzene rings is 2. The van der Waals surface area contributed by atoms with Crippen LogP contribution in [-0.2, 0) is 24.1 Å². The Labute approximate surface area is 216 Å². The van der Waals surface area contributed by atoms with Crippen molar-refractivity contribution in [1.29, 1.82) is 0 Å². The zero-order valence-electron chi connectivity index (χ0n) is 21.0. The fourth-order valence-corrected chi connectivity index (χ4v) is 6.99. The normalized spacial score (nSPS) is 20.0. The maximum absolute atomic E-state index is 13.1. The molecule has 1 aromatic heterocycles. The van der Waals surface area contributed by atoms with Gasteiger partial charge in [-0.25, -0.2) is 0 Å². The summed E-state index contributed by atoms with van der Waals surface area (Å²) in [6.45, 7) is 5.31. The topological polar surface area (TPSA) is 51.2 Å². The Hall–Kier alpha value is -2.77. The summed E-state index contributed by atoms with van der Waals surface area (Å²) in [7, 11) is 1.72. The Morgan fingerprint density at radius 3 is 2.83 bits per heavy atom. The fraction of sp³-hybridized carbons (Fsp3) is 0.483. The molecule has 0 bridgehead atoms. The molecule has 0 radical (unpaired) electrons. The van der Waals surface area contributed by atoms with Gasteiger partial charge in [0.05, 0.1) is 13.5 Å². The molecular weight excluding hydrogens is 472 g/mol. The molecule has 3 aromatic rings. The summed E-state index contributed by atoms with van der Waals surface area (Å²) >= 11 is 1.81. The van der Waals surface area contributed by atoms with E-state index in [4.69, 9.17) is 14.2 Å². The van der Waals surface area contributed by atoms with E-state index in [0.717, 1.165) is 68.3 Å². The van der Waals surface area contributed by atoms with E-state index >= 15 is 0 Å². The van der Waals surface area contributed by atoms with Gasteiger partial charge in [-0.05, 0) is 109 Å². The van der Waals surface area contributed by atoms with E-state index in [2.05, 4.69) is 39.4 Å². The van der Waals surface area contributed by atoms with Crippen LogP contribution in [0.25, 0.3) is 10.1 Å². The molecule has 6 rings (SSSR count). The second kappa shape index (κ2) is 10.3. The zero-order chi connectivity index (χ0) is 24.5. The van der Waals surface area contributed by atoms with E-state index < -0.39 is 0 Å². The van der Waals surface area contributed by atoms with Crippen molar-refractivity contribution in [2.75, 3.05) is 46.6 Å². The molecule has 1 atom stereocenters. The smallest absolute Gasteiger partial charge is 0.231 e. The van der Waals surface area contributed by atoms with E-state index in [1.54, 1.807) is 7.11 Å². The molecular formula is C29H34N2O4S. The number of rotatable bonds is 7. The van der Waals surface area contributed by atoms with Gasteiger partial charge in [-0.15, -0.1) is 11.3 Å². The second-order valence-corrected chi connectivity index (χ2v) is 11.2. The van der Waals surface area contributed by atoms with Crippen molar-refractivity contribution in [3.63, 3.8) is 0 Å². The average Bonchev–Trinajstić information content (AvgIpc) is 3.49. The summed E-state index contributed by atoms with van der Waals surface area (Å²) in [6.07, 6.45) is 6.04. The molecule has 3 aliphatic heterocycles. The van der Waals surface area contributed by atoms with Crippen molar-refractivity contribution in [1.82, 2.24) is 9.80 Å². The predicted molar refractivity (Wildman–Crippen MR) is 142 cm³/mol. The highest BCUT2D eigenvalue weighted by molar-refractivity contribution is 7.17. The minimum absolute atomic E-state index is 0.241. The van der Waals surface area contributed by atoms with Crippen LogP contribution in [0.4, 0.5) is 0 Å². The van der Waals surface area contributed by atoms with E-state index in [9.17, 15) is 4.79 Å². The molecule has 0 saturated carbocycles. The third-order valence-electron chi connectivity index (χ3n) is 7.91. The highest BCUT2D eigenvalue weighted by Crippen LogP contribution is 2.36. The molecule has 36 heavy (non-hydrogen) atoms. The summed E-state index contributed by atoms with van der Waals surface area (Å²) in [4.78, 5) is 17.8. The monoisotopic (exact) mass is 506 g/mol. The van der Waals surface area contributed by atoms with Crippen molar-refractivity contribution in [3.05, 3.63) is 52.4 Å². The van der Waals surface area contributed by atoms with Crippen LogP contribution in [0.15, 0.2) is 35.7 Å². The number of carbonyl (C=O) groups is 1. The van der Waals surface area contributed by atoms with Gasteiger partial charge in [0, 0.05) is 24.3 Å². The van der Waals surface area contributed by atoms with Crippen molar-refractivity contribution in [2.45, 2.75) is 38.5 Å². The summed E-state index contributed by atoms with van der Waals surface area (Å²) in [5, 5.41) is 3.67. The number of amides is 1. The number of thiophene rings is 1. The first kappa shape index (κ1) is 23.6. The van der Waals surface area contributed by atoms with Crippen molar-refractivity contribution < 1.29 is 19.0 Å². The SMILES string of the molecule is COc1ccc2c(CCCN3CCCC(CN4CCc5cc6c(cc5CC4=O)OCO6)C3)csc2c1. The molecule has 1 unspecified atom stereocenters.